The van der Waals surface area contributed by atoms with E-state index >= 15 is 0 Å². The van der Waals surface area contributed by atoms with Crippen molar-refractivity contribution in [1.29, 1.82) is 0 Å². The Morgan fingerprint density at radius 3 is 2.61 bits per heavy atom. The lowest BCUT2D eigenvalue weighted by Gasteiger charge is -2.30. The van der Waals surface area contributed by atoms with Crippen LogP contribution in [0.5, 0.6) is 0 Å². The van der Waals surface area contributed by atoms with Crippen LogP contribution in [0.2, 0.25) is 0 Å². The second-order valence-electron chi connectivity index (χ2n) is 8.12. The van der Waals surface area contributed by atoms with Gasteiger partial charge in [-0.15, -0.1) is 0 Å². The summed E-state index contributed by atoms with van der Waals surface area (Å²) in [4.78, 5) is 0. The largest absolute Gasteiger partial charge is 0.310 e. The fourth-order valence-electron chi connectivity index (χ4n) is 3.97. The first-order chi connectivity index (χ1) is 10.8. The summed E-state index contributed by atoms with van der Waals surface area (Å²) in [7, 11) is -2.76. The zero-order chi connectivity index (χ0) is 16.5. The zero-order valence-corrected chi connectivity index (χ0v) is 15.2. The summed E-state index contributed by atoms with van der Waals surface area (Å²) in [5.74, 6) is 1.23. The van der Waals surface area contributed by atoms with Crippen LogP contribution in [0.1, 0.15) is 56.7 Å². The van der Waals surface area contributed by atoms with Crippen molar-refractivity contribution in [3.63, 3.8) is 0 Å². The molecule has 1 aliphatic heterocycles. The van der Waals surface area contributed by atoms with Crippen LogP contribution >= 0.6 is 0 Å². The molecular weight excluding hydrogens is 306 g/mol. The smallest absolute Gasteiger partial charge is 0.150 e. The summed E-state index contributed by atoms with van der Waals surface area (Å²) in [6.07, 6.45) is 5.15. The van der Waals surface area contributed by atoms with Crippen molar-refractivity contribution in [2.24, 2.45) is 11.3 Å². The molecule has 1 saturated heterocycles. The molecule has 1 atom stereocenters. The first-order valence-electron chi connectivity index (χ1n) is 8.86. The highest BCUT2D eigenvalue weighted by Crippen LogP contribution is 2.39. The lowest BCUT2D eigenvalue weighted by molar-refractivity contribution is 0.265. The van der Waals surface area contributed by atoms with Crippen LogP contribution in [0.4, 0.5) is 0 Å². The highest BCUT2D eigenvalue weighted by Gasteiger charge is 2.30. The van der Waals surface area contributed by atoms with Crippen LogP contribution in [-0.2, 0) is 16.3 Å². The van der Waals surface area contributed by atoms with E-state index in [1.165, 1.54) is 17.5 Å². The van der Waals surface area contributed by atoms with Crippen molar-refractivity contribution in [3.8, 4) is 0 Å². The van der Waals surface area contributed by atoms with Gasteiger partial charge in [0, 0.05) is 6.04 Å². The number of hydrogen-bond acceptors (Lipinski definition) is 3. The Morgan fingerprint density at radius 2 is 1.87 bits per heavy atom. The van der Waals surface area contributed by atoms with Gasteiger partial charge in [0.25, 0.3) is 0 Å². The quantitative estimate of drug-likeness (QED) is 0.860. The molecule has 0 aromatic heterocycles. The number of fused-ring (bicyclic) bond motifs is 1. The maximum absolute atomic E-state index is 11.6. The fourth-order valence-corrected chi connectivity index (χ4v) is 5.56. The van der Waals surface area contributed by atoms with Gasteiger partial charge in [0.05, 0.1) is 11.5 Å². The third kappa shape index (κ3) is 4.36. The summed E-state index contributed by atoms with van der Waals surface area (Å²) in [6, 6.07) is 9.19. The molecule has 3 nitrogen and oxygen atoms in total. The molecule has 1 aliphatic carbocycles. The number of rotatable bonds is 3. The molecule has 1 aromatic carbocycles. The predicted octanol–water partition coefficient (Wildman–Crippen LogP) is 3.50. The summed E-state index contributed by atoms with van der Waals surface area (Å²) in [5, 5.41) is 3.78. The van der Waals surface area contributed by atoms with Crippen LogP contribution in [-0.4, -0.2) is 26.5 Å². The summed E-state index contributed by atoms with van der Waals surface area (Å²) in [6.45, 7) is 5.66. The molecule has 23 heavy (non-hydrogen) atoms. The molecule has 0 spiro atoms. The molecule has 0 bridgehead atoms. The minimum atomic E-state index is -2.76. The van der Waals surface area contributed by atoms with Gasteiger partial charge in [-0.3, -0.25) is 0 Å². The Hall–Kier alpha value is -0.870. The standard InChI is InChI=1S/C19H29NO2S/c1-19(2)10-7-16-5-3-4-6-17(16)18(13-19)20-14-15-8-11-23(21,22)12-9-15/h3-6,15,18,20H,7-14H2,1-2H3/t18-/m0/s1. The van der Waals surface area contributed by atoms with E-state index in [2.05, 4.69) is 43.4 Å². The van der Waals surface area contributed by atoms with Crippen LogP contribution < -0.4 is 5.32 Å². The van der Waals surface area contributed by atoms with Crippen molar-refractivity contribution in [1.82, 2.24) is 5.32 Å². The highest BCUT2D eigenvalue weighted by molar-refractivity contribution is 7.91. The van der Waals surface area contributed by atoms with Gasteiger partial charge in [-0.05, 0) is 61.1 Å². The van der Waals surface area contributed by atoms with Crippen molar-refractivity contribution in [3.05, 3.63) is 35.4 Å². The average Bonchev–Trinajstić information content (AvgIpc) is 2.63. The van der Waals surface area contributed by atoms with Crippen LogP contribution in [0.15, 0.2) is 24.3 Å². The predicted molar refractivity (Wildman–Crippen MR) is 95.3 cm³/mol. The molecule has 4 heteroatoms. The number of nitrogens with one attached hydrogen (secondary N) is 1. The summed E-state index contributed by atoms with van der Waals surface area (Å²) >= 11 is 0. The first kappa shape index (κ1) is 17.0. The third-order valence-electron chi connectivity index (χ3n) is 5.59. The molecule has 1 aromatic rings. The second-order valence-corrected chi connectivity index (χ2v) is 10.4. The molecule has 0 unspecified atom stereocenters. The number of sulfone groups is 1. The highest BCUT2D eigenvalue weighted by atomic mass is 32.2. The van der Waals surface area contributed by atoms with E-state index in [-0.39, 0.29) is 0 Å². The SMILES string of the molecule is CC1(C)CCc2ccccc2[C@@H](NCC2CCS(=O)(=O)CC2)C1. The van der Waals surface area contributed by atoms with E-state index in [1.54, 1.807) is 0 Å². The van der Waals surface area contributed by atoms with Crippen LogP contribution in [0.3, 0.4) is 0 Å². The van der Waals surface area contributed by atoms with Crippen LogP contribution in [0.25, 0.3) is 0 Å². The summed E-state index contributed by atoms with van der Waals surface area (Å²) < 4.78 is 23.2. The van der Waals surface area contributed by atoms with Gasteiger partial charge in [0.1, 0.15) is 9.84 Å². The van der Waals surface area contributed by atoms with Gasteiger partial charge in [-0.2, -0.15) is 0 Å². The Labute approximate surface area is 140 Å². The third-order valence-corrected chi connectivity index (χ3v) is 7.30. The van der Waals surface area contributed by atoms with E-state index < -0.39 is 9.84 Å². The zero-order valence-electron chi connectivity index (χ0n) is 14.3. The van der Waals surface area contributed by atoms with Crippen molar-refractivity contribution >= 4 is 9.84 Å². The molecule has 1 N–H and O–H groups in total. The van der Waals surface area contributed by atoms with E-state index in [1.807, 2.05) is 0 Å². The molecule has 0 radical (unpaired) electrons. The molecule has 128 valence electrons. The van der Waals surface area contributed by atoms with E-state index in [4.69, 9.17) is 0 Å². The van der Waals surface area contributed by atoms with E-state index in [9.17, 15) is 8.42 Å². The topological polar surface area (TPSA) is 46.2 Å². The van der Waals surface area contributed by atoms with Gasteiger partial charge in [-0.1, -0.05) is 38.1 Å². The minimum absolute atomic E-state index is 0.340. The number of benzene rings is 1. The Bertz CT molecular complexity index is 637. The molecular formula is C19H29NO2S. The Balaban J connectivity index is 1.68. The average molecular weight is 336 g/mol. The molecule has 1 heterocycles. The molecule has 0 saturated carbocycles. The Morgan fingerprint density at radius 1 is 1.17 bits per heavy atom. The van der Waals surface area contributed by atoms with Gasteiger partial charge in [-0.25, -0.2) is 8.42 Å². The number of aryl methyl sites for hydroxylation is 1. The van der Waals surface area contributed by atoms with Gasteiger partial charge >= 0.3 is 0 Å². The fraction of sp³-hybridized carbons (Fsp3) is 0.684. The van der Waals surface area contributed by atoms with Crippen molar-refractivity contribution in [2.75, 3.05) is 18.1 Å². The maximum atomic E-state index is 11.6. The van der Waals surface area contributed by atoms with Crippen molar-refractivity contribution in [2.45, 2.75) is 52.0 Å². The normalized spacial score (nSPS) is 27.1. The van der Waals surface area contributed by atoms with E-state index in [0.717, 1.165) is 32.2 Å². The first-order valence-corrected chi connectivity index (χ1v) is 10.7. The van der Waals surface area contributed by atoms with E-state index in [0.29, 0.717) is 28.9 Å². The Kier molecular flexibility index (Phi) is 4.84. The lowest BCUT2D eigenvalue weighted by Crippen LogP contribution is -2.34. The minimum Gasteiger partial charge on any atom is -0.310 e. The van der Waals surface area contributed by atoms with Gasteiger partial charge in [0.2, 0.25) is 0 Å². The van der Waals surface area contributed by atoms with Crippen molar-refractivity contribution < 1.29 is 8.42 Å². The summed E-state index contributed by atoms with van der Waals surface area (Å²) in [5.41, 5.74) is 3.26. The molecule has 0 amide bonds. The second kappa shape index (κ2) is 6.56. The lowest BCUT2D eigenvalue weighted by atomic mass is 9.83. The maximum Gasteiger partial charge on any atom is 0.150 e. The monoisotopic (exact) mass is 335 g/mol. The number of hydrogen-bond donors (Lipinski definition) is 1. The van der Waals surface area contributed by atoms with Crippen LogP contribution in [0, 0.1) is 11.3 Å². The molecule has 1 fully saturated rings. The van der Waals surface area contributed by atoms with Gasteiger partial charge in [0.15, 0.2) is 0 Å². The molecule has 2 aliphatic rings. The molecule has 3 rings (SSSR count). The van der Waals surface area contributed by atoms with Gasteiger partial charge < -0.3 is 5.32 Å².